The molecule has 1 N–H and O–H groups in total. The minimum Gasteiger partial charge on any atom is -0.497 e. The molecule has 1 amide bonds. The second-order valence-corrected chi connectivity index (χ2v) is 7.20. The summed E-state index contributed by atoms with van der Waals surface area (Å²) in [5, 5.41) is 3.22. The van der Waals surface area contributed by atoms with Crippen LogP contribution in [-0.4, -0.2) is 27.2 Å². The van der Waals surface area contributed by atoms with Crippen molar-refractivity contribution in [3.8, 4) is 17.2 Å². The lowest BCUT2D eigenvalue weighted by molar-refractivity contribution is 0.0936. The number of carbonyl (C=O) groups excluding carboxylic acids is 1. The molecule has 0 heterocycles. The maximum atomic E-state index is 13.1. The fourth-order valence-electron chi connectivity index (χ4n) is 3.64. The molecular weight excluding hydrogens is 390 g/mol. The molecule has 0 saturated carbocycles. The quantitative estimate of drug-likeness (QED) is 0.531. The molecule has 0 aromatic heterocycles. The standard InChI is InChI=1S/C26H29NO4/c1-5-19-16-24(30-3)25(31-4)17-22(19)23(15-18-9-7-6-8-10-18)27-26(28)20-11-13-21(29-2)14-12-20/h6-14,16-17,23H,5,15H2,1-4H3,(H,27,28)/t23-/m1/s1. The van der Waals surface area contributed by atoms with Crippen LogP contribution in [0.15, 0.2) is 66.7 Å². The average molecular weight is 420 g/mol. The average Bonchev–Trinajstić information content (AvgIpc) is 2.83. The van der Waals surface area contributed by atoms with Crippen LogP contribution >= 0.6 is 0 Å². The minimum atomic E-state index is -0.230. The normalized spacial score (nSPS) is 11.5. The number of amides is 1. The number of carbonyl (C=O) groups is 1. The van der Waals surface area contributed by atoms with Crippen molar-refractivity contribution < 1.29 is 19.0 Å². The predicted molar refractivity (Wildman–Crippen MR) is 122 cm³/mol. The Morgan fingerprint density at radius 2 is 1.52 bits per heavy atom. The first kappa shape index (κ1) is 22.2. The Morgan fingerprint density at radius 1 is 0.871 bits per heavy atom. The molecule has 0 saturated heterocycles. The maximum absolute atomic E-state index is 13.1. The van der Waals surface area contributed by atoms with E-state index in [1.807, 2.05) is 30.3 Å². The van der Waals surface area contributed by atoms with Gasteiger partial charge in [-0.05, 0) is 65.9 Å². The van der Waals surface area contributed by atoms with Crippen molar-refractivity contribution in [3.63, 3.8) is 0 Å². The smallest absolute Gasteiger partial charge is 0.251 e. The van der Waals surface area contributed by atoms with Gasteiger partial charge in [-0.1, -0.05) is 37.3 Å². The highest BCUT2D eigenvalue weighted by Crippen LogP contribution is 2.35. The van der Waals surface area contributed by atoms with Gasteiger partial charge < -0.3 is 19.5 Å². The monoisotopic (exact) mass is 419 g/mol. The molecule has 31 heavy (non-hydrogen) atoms. The highest BCUT2D eigenvalue weighted by Gasteiger charge is 2.21. The summed E-state index contributed by atoms with van der Waals surface area (Å²) in [5.41, 5.74) is 3.84. The van der Waals surface area contributed by atoms with E-state index in [4.69, 9.17) is 14.2 Å². The highest BCUT2D eigenvalue weighted by molar-refractivity contribution is 5.94. The van der Waals surface area contributed by atoms with E-state index in [2.05, 4.69) is 24.4 Å². The first-order valence-corrected chi connectivity index (χ1v) is 10.3. The summed E-state index contributed by atoms with van der Waals surface area (Å²) >= 11 is 0. The van der Waals surface area contributed by atoms with Crippen LogP contribution in [0.3, 0.4) is 0 Å². The van der Waals surface area contributed by atoms with E-state index >= 15 is 0 Å². The van der Waals surface area contributed by atoms with E-state index in [1.54, 1.807) is 45.6 Å². The first-order valence-electron chi connectivity index (χ1n) is 10.3. The zero-order chi connectivity index (χ0) is 22.2. The van der Waals surface area contributed by atoms with Gasteiger partial charge >= 0.3 is 0 Å². The lowest BCUT2D eigenvalue weighted by Crippen LogP contribution is -2.30. The van der Waals surface area contributed by atoms with Gasteiger partial charge in [0.15, 0.2) is 11.5 Å². The van der Waals surface area contributed by atoms with Crippen LogP contribution in [0.25, 0.3) is 0 Å². The molecule has 0 aliphatic carbocycles. The van der Waals surface area contributed by atoms with Crippen LogP contribution < -0.4 is 19.5 Å². The molecule has 3 aromatic carbocycles. The summed E-state index contributed by atoms with van der Waals surface area (Å²) in [6.45, 7) is 2.09. The molecule has 1 atom stereocenters. The number of ether oxygens (including phenoxy) is 3. The molecular formula is C26H29NO4. The molecule has 0 spiro atoms. The van der Waals surface area contributed by atoms with Gasteiger partial charge in [0.2, 0.25) is 0 Å². The Morgan fingerprint density at radius 3 is 2.10 bits per heavy atom. The van der Waals surface area contributed by atoms with E-state index in [0.29, 0.717) is 29.2 Å². The van der Waals surface area contributed by atoms with Gasteiger partial charge in [-0.15, -0.1) is 0 Å². The predicted octanol–water partition coefficient (Wildman–Crippen LogP) is 4.99. The van der Waals surface area contributed by atoms with E-state index < -0.39 is 0 Å². The van der Waals surface area contributed by atoms with Crippen molar-refractivity contribution in [3.05, 3.63) is 89.0 Å². The van der Waals surface area contributed by atoms with Crippen molar-refractivity contribution >= 4 is 5.91 Å². The fourth-order valence-corrected chi connectivity index (χ4v) is 3.64. The topological polar surface area (TPSA) is 56.8 Å². The summed E-state index contributed by atoms with van der Waals surface area (Å²) in [7, 11) is 4.85. The van der Waals surface area contributed by atoms with Crippen LogP contribution in [0.1, 0.15) is 40.0 Å². The third-order valence-electron chi connectivity index (χ3n) is 5.34. The summed E-state index contributed by atoms with van der Waals surface area (Å²) < 4.78 is 16.2. The number of hydrogen-bond acceptors (Lipinski definition) is 4. The molecule has 0 radical (unpaired) electrons. The van der Waals surface area contributed by atoms with Crippen molar-refractivity contribution in [1.29, 1.82) is 0 Å². The number of aryl methyl sites for hydroxylation is 1. The molecule has 0 fully saturated rings. The molecule has 5 heteroatoms. The van der Waals surface area contributed by atoms with Crippen molar-refractivity contribution in [2.24, 2.45) is 0 Å². The zero-order valence-electron chi connectivity index (χ0n) is 18.5. The molecule has 0 aliphatic rings. The SMILES string of the molecule is CCc1cc(OC)c(OC)cc1[C@@H](Cc1ccccc1)NC(=O)c1ccc(OC)cc1. The van der Waals surface area contributed by atoms with Crippen LogP contribution in [0, 0.1) is 0 Å². The summed E-state index contributed by atoms with van der Waals surface area (Å²) in [5.74, 6) is 1.90. The van der Waals surface area contributed by atoms with E-state index in [9.17, 15) is 4.79 Å². The van der Waals surface area contributed by atoms with Crippen LogP contribution in [0.4, 0.5) is 0 Å². The fraction of sp³-hybridized carbons (Fsp3) is 0.269. The van der Waals surface area contributed by atoms with Crippen molar-refractivity contribution in [2.75, 3.05) is 21.3 Å². The second-order valence-electron chi connectivity index (χ2n) is 7.20. The van der Waals surface area contributed by atoms with Gasteiger partial charge in [0, 0.05) is 5.56 Å². The highest BCUT2D eigenvalue weighted by atomic mass is 16.5. The summed E-state index contributed by atoms with van der Waals surface area (Å²) in [4.78, 5) is 13.1. The number of hydrogen-bond donors (Lipinski definition) is 1. The Balaban J connectivity index is 1.99. The van der Waals surface area contributed by atoms with Gasteiger partial charge in [-0.25, -0.2) is 0 Å². The van der Waals surface area contributed by atoms with Gasteiger partial charge in [0.05, 0.1) is 27.4 Å². The van der Waals surface area contributed by atoms with Gasteiger partial charge in [0.1, 0.15) is 5.75 Å². The molecule has 5 nitrogen and oxygen atoms in total. The number of nitrogens with one attached hydrogen (secondary N) is 1. The zero-order valence-corrected chi connectivity index (χ0v) is 18.5. The second kappa shape index (κ2) is 10.5. The minimum absolute atomic E-state index is 0.138. The third kappa shape index (κ3) is 5.37. The van der Waals surface area contributed by atoms with Crippen molar-refractivity contribution in [2.45, 2.75) is 25.8 Å². The van der Waals surface area contributed by atoms with Crippen LogP contribution in [0.5, 0.6) is 17.2 Å². The molecule has 3 aromatic rings. The lowest BCUT2D eigenvalue weighted by atomic mass is 9.92. The Kier molecular flexibility index (Phi) is 7.55. The molecule has 0 bridgehead atoms. The molecule has 0 aliphatic heterocycles. The lowest BCUT2D eigenvalue weighted by Gasteiger charge is -2.24. The summed E-state index contributed by atoms with van der Waals surface area (Å²) in [6.07, 6.45) is 1.46. The Labute approximate surface area is 184 Å². The largest absolute Gasteiger partial charge is 0.497 e. The first-order chi connectivity index (χ1) is 15.1. The number of rotatable bonds is 9. The van der Waals surface area contributed by atoms with Crippen LogP contribution in [-0.2, 0) is 12.8 Å². The van der Waals surface area contributed by atoms with E-state index in [1.165, 1.54) is 0 Å². The maximum Gasteiger partial charge on any atom is 0.251 e. The van der Waals surface area contributed by atoms with Gasteiger partial charge in [0.25, 0.3) is 5.91 Å². The molecule has 162 valence electrons. The van der Waals surface area contributed by atoms with E-state index in [-0.39, 0.29) is 11.9 Å². The Hall–Kier alpha value is -3.47. The third-order valence-corrected chi connectivity index (χ3v) is 5.34. The number of methoxy groups -OCH3 is 3. The Bertz CT molecular complexity index is 1000. The molecule has 3 rings (SSSR count). The number of benzene rings is 3. The summed E-state index contributed by atoms with van der Waals surface area (Å²) in [6, 6.07) is 21.0. The molecule has 0 unspecified atom stereocenters. The van der Waals surface area contributed by atoms with Crippen molar-refractivity contribution in [1.82, 2.24) is 5.32 Å². The van der Waals surface area contributed by atoms with Gasteiger partial charge in [-0.3, -0.25) is 4.79 Å². The van der Waals surface area contributed by atoms with Gasteiger partial charge in [-0.2, -0.15) is 0 Å². The van der Waals surface area contributed by atoms with E-state index in [0.717, 1.165) is 23.1 Å². The van der Waals surface area contributed by atoms with Crippen LogP contribution in [0.2, 0.25) is 0 Å².